The molecule has 3 aromatic carbocycles. The molecule has 4 rings (SSSR count). The summed E-state index contributed by atoms with van der Waals surface area (Å²) in [4.78, 5) is 17.5. The molecule has 1 fully saturated rings. The van der Waals surface area contributed by atoms with Crippen LogP contribution in [0.3, 0.4) is 0 Å². The Morgan fingerprint density at radius 3 is 2.25 bits per heavy atom. The van der Waals surface area contributed by atoms with Crippen LogP contribution < -0.4 is 9.64 Å². The number of ether oxygens (including phenoxy) is 1. The Labute approximate surface area is 166 Å². The van der Waals surface area contributed by atoms with Crippen molar-refractivity contribution in [3.8, 4) is 5.75 Å². The molecule has 1 aliphatic heterocycles. The van der Waals surface area contributed by atoms with E-state index in [4.69, 9.17) is 4.74 Å². The van der Waals surface area contributed by atoms with E-state index in [1.165, 1.54) is 16.8 Å². The molecule has 0 bridgehead atoms. The van der Waals surface area contributed by atoms with E-state index < -0.39 is 0 Å². The maximum atomic E-state index is 13.2. The molecule has 0 radical (unpaired) electrons. The van der Waals surface area contributed by atoms with Crippen molar-refractivity contribution < 1.29 is 9.53 Å². The Kier molecular flexibility index (Phi) is 4.95. The second-order valence-corrected chi connectivity index (χ2v) is 7.40. The number of amides is 1. The summed E-state index contributed by atoms with van der Waals surface area (Å²) < 4.78 is 5.53. The quantitative estimate of drug-likeness (QED) is 0.680. The largest absolute Gasteiger partial charge is 0.496 e. The van der Waals surface area contributed by atoms with Gasteiger partial charge in [0.15, 0.2) is 0 Å². The number of carbonyl (C=O) groups excluding carboxylic acids is 1. The Morgan fingerprint density at radius 1 is 0.893 bits per heavy atom. The molecule has 1 aliphatic rings. The van der Waals surface area contributed by atoms with Crippen LogP contribution in [0.1, 0.15) is 21.5 Å². The van der Waals surface area contributed by atoms with E-state index in [9.17, 15) is 4.79 Å². The minimum absolute atomic E-state index is 0.0446. The summed E-state index contributed by atoms with van der Waals surface area (Å²) in [6, 6.07) is 18.4. The van der Waals surface area contributed by atoms with Gasteiger partial charge in [0.2, 0.25) is 0 Å². The number of rotatable bonds is 3. The Hall–Kier alpha value is -3.01. The van der Waals surface area contributed by atoms with E-state index in [-0.39, 0.29) is 5.91 Å². The fourth-order valence-corrected chi connectivity index (χ4v) is 3.95. The number of benzene rings is 3. The lowest BCUT2D eigenvalue weighted by atomic mass is 10.0. The molecule has 1 saturated heterocycles. The highest BCUT2D eigenvalue weighted by molar-refractivity contribution is 6.01. The molecule has 0 saturated carbocycles. The SMILES string of the molecule is COc1cc2ccccc2cc1C(=O)N1CCN(c2cccc(C)c2C)CC1. The number of carbonyl (C=O) groups is 1. The van der Waals surface area contributed by atoms with Gasteiger partial charge in [-0.1, -0.05) is 36.4 Å². The van der Waals surface area contributed by atoms with E-state index in [1.807, 2.05) is 41.3 Å². The molecule has 1 amide bonds. The Balaban J connectivity index is 1.54. The normalized spacial score (nSPS) is 14.4. The fourth-order valence-electron chi connectivity index (χ4n) is 3.95. The first-order chi connectivity index (χ1) is 13.6. The molecule has 0 aromatic heterocycles. The molecular formula is C24H26N2O2. The average Bonchev–Trinajstić information content (AvgIpc) is 2.74. The van der Waals surface area contributed by atoms with Crippen molar-refractivity contribution in [2.75, 3.05) is 38.2 Å². The van der Waals surface area contributed by atoms with Crippen molar-refractivity contribution in [2.45, 2.75) is 13.8 Å². The second-order valence-electron chi connectivity index (χ2n) is 7.40. The number of hydrogen-bond donors (Lipinski definition) is 0. The Bertz CT molecular complexity index is 1020. The van der Waals surface area contributed by atoms with Crippen LogP contribution in [0.15, 0.2) is 54.6 Å². The minimum atomic E-state index is 0.0446. The van der Waals surface area contributed by atoms with E-state index in [0.29, 0.717) is 24.4 Å². The summed E-state index contributed by atoms with van der Waals surface area (Å²) in [5, 5.41) is 2.14. The average molecular weight is 374 g/mol. The number of piperazine rings is 1. The lowest BCUT2D eigenvalue weighted by Crippen LogP contribution is -2.49. The third kappa shape index (κ3) is 3.31. The third-order valence-electron chi connectivity index (χ3n) is 5.78. The summed E-state index contributed by atoms with van der Waals surface area (Å²) in [6.07, 6.45) is 0. The minimum Gasteiger partial charge on any atom is -0.496 e. The van der Waals surface area contributed by atoms with Crippen molar-refractivity contribution in [3.63, 3.8) is 0 Å². The number of hydrogen-bond acceptors (Lipinski definition) is 3. The van der Waals surface area contributed by atoms with E-state index >= 15 is 0 Å². The first-order valence-electron chi connectivity index (χ1n) is 9.75. The third-order valence-corrected chi connectivity index (χ3v) is 5.78. The molecule has 144 valence electrons. The summed E-state index contributed by atoms with van der Waals surface area (Å²) in [5.41, 5.74) is 4.53. The number of methoxy groups -OCH3 is 1. The first kappa shape index (κ1) is 18.4. The van der Waals surface area contributed by atoms with Crippen LogP contribution in [0, 0.1) is 13.8 Å². The van der Waals surface area contributed by atoms with Crippen LogP contribution >= 0.6 is 0 Å². The molecule has 28 heavy (non-hydrogen) atoms. The van der Waals surface area contributed by atoms with Crippen LogP contribution in [0.5, 0.6) is 5.75 Å². The van der Waals surface area contributed by atoms with E-state index in [0.717, 1.165) is 23.9 Å². The van der Waals surface area contributed by atoms with Crippen LogP contribution in [0.4, 0.5) is 5.69 Å². The van der Waals surface area contributed by atoms with Gasteiger partial charge in [0.1, 0.15) is 5.75 Å². The van der Waals surface area contributed by atoms with Gasteiger partial charge in [-0.25, -0.2) is 0 Å². The Morgan fingerprint density at radius 2 is 1.57 bits per heavy atom. The van der Waals surface area contributed by atoms with Gasteiger partial charge in [0.05, 0.1) is 12.7 Å². The molecule has 4 nitrogen and oxygen atoms in total. The van der Waals surface area contributed by atoms with Gasteiger partial charge < -0.3 is 14.5 Å². The van der Waals surface area contributed by atoms with Gasteiger partial charge in [-0.05, 0) is 53.9 Å². The summed E-state index contributed by atoms with van der Waals surface area (Å²) >= 11 is 0. The zero-order chi connectivity index (χ0) is 19.7. The lowest BCUT2D eigenvalue weighted by molar-refractivity contribution is 0.0743. The summed E-state index contributed by atoms with van der Waals surface area (Å²) in [7, 11) is 1.62. The lowest BCUT2D eigenvalue weighted by Gasteiger charge is -2.37. The molecule has 3 aromatic rings. The van der Waals surface area contributed by atoms with Crippen LogP contribution in [0.25, 0.3) is 10.8 Å². The van der Waals surface area contributed by atoms with Crippen molar-refractivity contribution in [2.24, 2.45) is 0 Å². The monoisotopic (exact) mass is 374 g/mol. The number of nitrogens with zero attached hydrogens (tertiary/aromatic N) is 2. The zero-order valence-electron chi connectivity index (χ0n) is 16.7. The van der Waals surface area contributed by atoms with Gasteiger partial charge >= 0.3 is 0 Å². The fraction of sp³-hybridized carbons (Fsp3) is 0.292. The number of anilines is 1. The number of aryl methyl sites for hydroxylation is 1. The molecule has 0 aliphatic carbocycles. The first-order valence-corrected chi connectivity index (χ1v) is 9.75. The van der Waals surface area contributed by atoms with Crippen LogP contribution in [0.2, 0.25) is 0 Å². The van der Waals surface area contributed by atoms with Crippen molar-refractivity contribution in [3.05, 3.63) is 71.3 Å². The van der Waals surface area contributed by atoms with Crippen molar-refractivity contribution in [1.82, 2.24) is 4.90 Å². The van der Waals surface area contributed by atoms with E-state index in [1.54, 1.807) is 7.11 Å². The predicted octanol–water partition coefficient (Wildman–Crippen LogP) is 4.43. The molecular weight excluding hydrogens is 348 g/mol. The standard InChI is InChI=1S/C24H26N2O2/c1-17-7-6-10-22(18(17)2)25-11-13-26(14-12-25)24(27)21-15-19-8-4-5-9-20(19)16-23(21)28-3/h4-10,15-16H,11-14H2,1-3H3. The summed E-state index contributed by atoms with van der Waals surface area (Å²) in [5.74, 6) is 0.684. The molecule has 0 unspecified atom stereocenters. The predicted molar refractivity (Wildman–Crippen MR) is 115 cm³/mol. The molecule has 1 heterocycles. The number of fused-ring (bicyclic) bond motifs is 1. The van der Waals surface area contributed by atoms with Gasteiger partial charge in [0.25, 0.3) is 5.91 Å². The molecule has 0 N–H and O–H groups in total. The highest BCUT2D eigenvalue weighted by Gasteiger charge is 2.25. The molecule has 4 heteroatoms. The maximum Gasteiger partial charge on any atom is 0.257 e. The van der Waals surface area contributed by atoms with Crippen LogP contribution in [-0.2, 0) is 0 Å². The van der Waals surface area contributed by atoms with Gasteiger partial charge in [-0.3, -0.25) is 4.79 Å². The van der Waals surface area contributed by atoms with Crippen molar-refractivity contribution in [1.29, 1.82) is 0 Å². The molecule has 0 spiro atoms. The molecule has 0 atom stereocenters. The highest BCUT2D eigenvalue weighted by atomic mass is 16.5. The van der Waals surface area contributed by atoms with Crippen LogP contribution in [-0.4, -0.2) is 44.1 Å². The maximum absolute atomic E-state index is 13.2. The highest BCUT2D eigenvalue weighted by Crippen LogP contribution is 2.28. The van der Waals surface area contributed by atoms with Crippen molar-refractivity contribution >= 4 is 22.4 Å². The second kappa shape index (κ2) is 7.55. The van der Waals surface area contributed by atoms with Gasteiger partial charge in [-0.15, -0.1) is 0 Å². The van der Waals surface area contributed by atoms with E-state index in [2.05, 4.69) is 36.9 Å². The topological polar surface area (TPSA) is 32.8 Å². The summed E-state index contributed by atoms with van der Waals surface area (Å²) in [6.45, 7) is 7.41. The van der Waals surface area contributed by atoms with Gasteiger partial charge in [-0.2, -0.15) is 0 Å². The smallest absolute Gasteiger partial charge is 0.257 e. The van der Waals surface area contributed by atoms with Gasteiger partial charge in [0, 0.05) is 31.9 Å². The zero-order valence-corrected chi connectivity index (χ0v) is 16.7.